The number of hydrogen-bond donors (Lipinski definition) is 1. The summed E-state index contributed by atoms with van der Waals surface area (Å²) in [7, 11) is 0. The second-order valence-corrected chi connectivity index (χ2v) is 8.31. The zero-order valence-electron chi connectivity index (χ0n) is 18.1. The highest BCUT2D eigenvalue weighted by Gasteiger charge is 2.35. The molecule has 0 saturated carbocycles. The van der Waals surface area contributed by atoms with Crippen molar-refractivity contribution in [2.75, 3.05) is 13.2 Å². The smallest absolute Gasteiger partial charge is 0.311 e. The molecule has 0 aliphatic carbocycles. The fourth-order valence-electron chi connectivity index (χ4n) is 3.84. The Labute approximate surface area is 198 Å². The molecule has 3 atom stereocenters. The van der Waals surface area contributed by atoms with Crippen molar-refractivity contribution in [3.63, 3.8) is 0 Å². The fourth-order valence-corrected chi connectivity index (χ4v) is 4.07. The number of aromatic hydroxyl groups is 1. The van der Waals surface area contributed by atoms with E-state index in [2.05, 4.69) is 4.99 Å². The van der Waals surface area contributed by atoms with Gasteiger partial charge in [-0.25, -0.2) is 0 Å². The molecule has 1 unspecified atom stereocenters. The van der Waals surface area contributed by atoms with Gasteiger partial charge in [-0.2, -0.15) is 0 Å². The molecule has 1 fully saturated rings. The molecule has 0 aromatic heterocycles. The van der Waals surface area contributed by atoms with Gasteiger partial charge in [-0.15, -0.1) is 0 Å². The van der Waals surface area contributed by atoms with Crippen molar-refractivity contribution >= 4 is 23.8 Å². The second-order valence-electron chi connectivity index (χ2n) is 7.90. The first-order valence-corrected chi connectivity index (χ1v) is 11.3. The van der Waals surface area contributed by atoms with E-state index in [9.17, 15) is 9.90 Å². The van der Waals surface area contributed by atoms with Crippen LogP contribution in [-0.2, 0) is 19.0 Å². The third kappa shape index (κ3) is 6.11. The van der Waals surface area contributed by atoms with Crippen molar-refractivity contribution in [3.05, 3.63) is 88.7 Å². The Hall–Kier alpha value is -2.93. The highest BCUT2D eigenvalue weighted by atomic mass is 35.5. The standard InChI is InChI=1S/C26H26ClNO5/c27-22-11-6-4-9-20(22)26-31-17-18(25(33-26)21-10-5-7-12-23(21)29)8-2-1-3-13-24(30)32-19-14-15-28-16-19/h1-2,4-7,9-12,14-15,18,25-26,29H,3,8,13,16-17H2/b2-1-/t18-,25+,26?/m1/s1. The lowest BCUT2D eigenvalue weighted by Crippen LogP contribution is -2.30. The van der Waals surface area contributed by atoms with Crippen LogP contribution in [0, 0.1) is 5.92 Å². The van der Waals surface area contributed by atoms with E-state index in [1.807, 2.05) is 42.5 Å². The van der Waals surface area contributed by atoms with Gasteiger partial charge in [0, 0.05) is 34.7 Å². The zero-order chi connectivity index (χ0) is 23.0. The summed E-state index contributed by atoms with van der Waals surface area (Å²) in [6.07, 6.45) is 7.86. The van der Waals surface area contributed by atoms with Gasteiger partial charge in [0.1, 0.15) is 11.5 Å². The number of hydrogen-bond acceptors (Lipinski definition) is 6. The molecule has 0 bridgehead atoms. The third-order valence-electron chi connectivity index (χ3n) is 5.54. The van der Waals surface area contributed by atoms with Gasteiger partial charge in [-0.1, -0.05) is 60.2 Å². The maximum Gasteiger partial charge on any atom is 0.311 e. The van der Waals surface area contributed by atoms with E-state index in [0.717, 1.165) is 5.56 Å². The van der Waals surface area contributed by atoms with E-state index in [1.165, 1.54) is 0 Å². The van der Waals surface area contributed by atoms with Crippen molar-refractivity contribution in [3.8, 4) is 5.75 Å². The number of aliphatic imine (C=N–C) groups is 1. The topological polar surface area (TPSA) is 77.4 Å². The Kier molecular flexibility index (Phi) is 7.94. The van der Waals surface area contributed by atoms with Gasteiger partial charge in [0.25, 0.3) is 0 Å². The van der Waals surface area contributed by atoms with E-state index in [4.69, 9.17) is 25.8 Å². The summed E-state index contributed by atoms with van der Waals surface area (Å²) in [5, 5.41) is 11.0. The van der Waals surface area contributed by atoms with E-state index in [0.29, 0.717) is 48.8 Å². The van der Waals surface area contributed by atoms with E-state index >= 15 is 0 Å². The minimum atomic E-state index is -0.618. The predicted molar refractivity (Wildman–Crippen MR) is 126 cm³/mol. The van der Waals surface area contributed by atoms with Crippen LogP contribution >= 0.6 is 11.6 Å². The largest absolute Gasteiger partial charge is 0.508 e. The number of benzene rings is 2. The molecule has 2 aromatic carbocycles. The monoisotopic (exact) mass is 467 g/mol. The molecule has 2 aromatic rings. The Morgan fingerprint density at radius 1 is 1.15 bits per heavy atom. The lowest BCUT2D eigenvalue weighted by Gasteiger charge is -2.37. The lowest BCUT2D eigenvalue weighted by molar-refractivity contribution is -0.244. The normalized spacial score (nSPS) is 22.5. The SMILES string of the molecule is O=C(CC/C=C\C[C@@H]1COC(c2ccccc2Cl)O[C@@H]1c1ccccc1O)OC1=CC=NC1. The van der Waals surface area contributed by atoms with Gasteiger partial charge >= 0.3 is 5.97 Å². The first-order chi connectivity index (χ1) is 16.1. The van der Waals surface area contributed by atoms with Gasteiger partial charge in [0.2, 0.25) is 0 Å². The fraction of sp³-hybridized carbons (Fsp3) is 0.308. The summed E-state index contributed by atoms with van der Waals surface area (Å²) in [5.41, 5.74) is 1.47. The minimum absolute atomic E-state index is 0.0129. The van der Waals surface area contributed by atoms with Crippen LogP contribution in [0.2, 0.25) is 5.02 Å². The number of carbonyl (C=O) groups is 1. The van der Waals surface area contributed by atoms with Crippen LogP contribution in [0.3, 0.4) is 0 Å². The lowest BCUT2D eigenvalue weighted by atomic mass is 9.91. The first-order valence-electron chi connectivity index (χ1n) is 11.0. The highest BCUT2D eigenvalue weighted by Crippen LogP contribution is 2.43. The highest BCUT2D eigenvalue weighted by molar-refractivity contribution is 6.31. The van der Waals surface area contributed by atoms with Crippen LogP contribution in [0.4, 0.5) is 0 Å². The van der Waals surface area contributed by atoms with Gasteiger partial charge in [0.15, 0.2) is 6.29 Å². The van der Waals surface area contributed by atoms with Crippen LogP contribution in [0.1, 0.15) is 42.8 Å². The summed E-state index contributed by atoms with van der Waals surface area (Å²) in [6, 6.07) is 14.6. The van der Waals surface area contributed by atoms with E-state index in [1.54, 1.807) is 30.5 Å². The number of rotatable bonds is 8. The molecular formula is C26H26ClNO5. The molecule has 33 heavy (non-hydrogen) atoms. The third-order valence-corrected chi connectivity index (χ3v) is 5.89. The van der Waals surface area contributed by atoms with Crippen LogP contribution in [0.25, 0.3) is 0 Å². The molecule has 1 saturated heterocycles. The Bertz CT molecular complexity index is 1060. The number of nitrogens with zero attached hydrogens (tertiary/aromatic N) is 1. The summed E-state index contributed by atoms with van der Waals surface area (Å²) >= 11 is 6.35. The molecule has 6 nitrogen and oxygen atoms in total. The van der Waals surface area contributed by atoms with Gasteiger partial charge < -0.3 is 19.3 Å². The molecule has 0 amide bonds. The molecule has 2 heterocycles. The molecule has 1 N–H and O–H groups in total. The first kappa shape index (κ1) is 23.2. The molecule has 0 spiro atoms. The van der Waals surface area contributed by atoms with Crippen molar-refractivity contribution in [1.82, 2.24) is 0 Å². The number of allylic oxidation sites excluding steroid dienone is 3. The zero-order valence-corrected chi connectivity index (χ0v) is 18.9. The summed E-state index contributed by atoms with van der Waals surface area (Å²) < 4.78 is 17.6. The van der Waals surface area contributed by atoms with Crippen LogP contribution in [0.5, 0.6) is 5.75 Å². The molecule has 2 aliphatic heterocycles. The van der Waals surface area contributed by atoms with Crippen molar-refractivity contribution in [1.29, 1.82) is 0 Å². The van der Waals surface area contributed by atoms with Crippen molar-refractivity contribution in [2.24, 2.45) is 10.9 Å². The number of halogens is 1. The quantitative estimate of drug-likeness (QED) is 0.399. The average Bonchev–Trinajstić information content (AvgIpc) is 3.33. The maximum absolute atomic E-state index is 11.9. The molecule has 172 valence electrons. The molecule has 7 heteroatoms. The number of phenols is 1. The number of phenolic OH excluding ortho intramolecular Hbond substituents is 1. The Morgan fingerprint density at radius 3 is 2.70 bits per heavy atom. The Balaban J connectivity index is 1.37. The second kappa shape index (κ2) is 11.3. The summed E-state index contributed by atoms with van der Waals surface area (Å²) in [5.74, 6) is 0.486. The van der Waals surface area contributed by atoms with Crippen LogP contribution < -0.4 is 0 Å². The van der Waals surface area contributed by atoms with Gasteiger partial charge in [-0.05, 0) is 31.1 Å². The summed E-state index contributed by atoms with van der Waals surface area (Å²) in [6.45, 7) is 0.863. The van der Waals surface area contributed by atoms with E-state index < -0.39 is 6.29 Å². The average molecular weight is 468 g/mol. The molecule has 2 aliphatic rings. The van der Waals surface area contributed by atoms with Gasteiger partial charge in [-0.3, -0.25) is 9.79 Å². The number of para-hydroxylation sites is 1. The van der Waals surface area contributed by atoms with Gasteiger partial charge in [0.05, 0.1) is 19.3 Å². The minimum Gasteiger partial charge on any atom is -0.508 e. The van der Waals surface area contributed by atoms with Crippen LogP contribution in [0.15, 0.2) is 77.5 Å². The van der Waals surface area contributed by atoms with Crippen molar-refractivity contribution in [2.45, 2.75) is 31.7 Å². The maximum atomic E-state index is 11.9. The number of carbonyl (C=O) groups excluding carboxylic acids is 1. The molecule has 4 rings (SSSR count). The predicted octanol–water partition coefficient (Wildman–Crippen LogP) is 5.69. The molecular weight excluding hydrogens is 442 g/mol. The van der Waals surface area contributed by atoms with Crippen LogP contribution in [-0.4, -0.2) is 30.4 Å². The van der Waals surface area contributed by atoms with E-state index in [-0.39, 0.29) is 23.7 Å². The molecule has 0 radical (unpaired) electrons. The Morgan fingerprint density at radius 2 is 1.94 bits per heavy atom. The number of esters is 1. The number of ether oxygens (including phenoxy) is 3. The van der Waals surface area contributed by atoms with Crippen molar-refractivity contribution < 1.29 is 24.1 Å². The summed E-state index contributed by atoms with van der Waals surface area (Å²) in [4.78, 5) is 15.9.